The molecule has 1 fully saturated rings. The third-order valence-electron chi connectivity index (χ3n) is 4.58. The summed E-state index contributed by atoms with van der Waals surface area (Å²) in [5.41, 5.74) is 4.15. The molecular weight excluding hydrogens is 386 g/mol. The van der Waals surface area contributed by atoms with E-state index in [0.29, 0.717) is 17.9 Å². The van der Waals surface area contributed by atoms with Gasteiger partial charge in [0.2, 0.25) is 16.6 Å². The van der Waals surface area contributed by atoms with Crippen molar-refractivity contribution in [2.45, 2.75) is 52.9 Å². The Labute approximate surface area is 174 Å². The Morgan fingerprint density at radius 1 is 1.10 bits per heavy atom. The van der Waals surface area contributed by atoms with E-state index in [1.807, 2.05) is 29.1 Å². The van der Waals surface area contributed by atoms with E-state index in [0.717, 1.165) is 28.9 Å². The van der Waals surface area contributed by atoms with Gasteiger partial charge in [-0.05, 0) is 50.8 Å². The first-order valence-electron chi connectivity index (χ1n) is 9.95. The van der Waals surface area contributed by atoms with Crippen LogP contribution in [0.2, 0.25) is 0 Å². The second-order valence-electron chi connectivity index (χ2n) is 7.04. The zero-order chi connectivity index (χ0) is 20.8. The number of thiazole rings is 1. The Kier molecular flexibility index (Phi) is 6.98. The van der Waals surface area contributed by atoms with E-state index in [2.05, 4.69) is 15.6 Å². The molecule has 29 heavy (non-hydrogen) atoms. The van der Waals surface area contributed by atoms with Gasteiger partial charge in [-0.1, -0.05) is 6.42 Å². The fourth-order valence-corrected chi connectivity index (χ4v) is 4.25. The first-order chi connectivity index (χ1) is 14.0. The van der Waals surface area contributed by atoms with Crippen molar-refractivity contribution < 1.29 is 9.59 Å². The number of carbonyl (C=O) groups is 2. The number of nitrogens with one attached hydrogen (secondary N) is 2. The maximum absolute atomic E-state index is 11.8. The fourth-order valence-electron chi connectivity index (χ4n) is 3.37. The maximum atomic E-state index is 11.8. The SMILES string of the molecule is CCN=c1scc(-c2ccc(NC(C)=O)cc2NC(C)=O)n1N=C1CCCCC1. The van der Waals surface area contributed by atoms with E-state index in [4.69, 9.17) is 5.10 Å². The molecule has 154 valence electrons. The van der Waals surface area contributed by atoms with Gasteiger partial charge in [0.1, 0.15) is 0 Å². The van der Waals surface area contributed by atoms with Crippen LogP contribution in [-0.4, -0.2) is 28.7 Å². The molecule has 0 radical (unpaired) electrons. The van der Waals surface area contributed by atoms with E-state index in [1.54, 1.807) is 6.07 Å². The van der Waals surface area contributed by atoms with Crippen LogP contribution >= 0.6 is 11.3 Å². The minimum Gasteiger partial charge on any atom is -0.326 e. The third kappa shape index (κ3) is 5.41. The summed E-state index contributed by atoms with van der Waals surface area (Å²) in [4.78, 5) is 28.6. The Bertz CT molecular complexity index is 995. The summed E-state index contributed by atoms with van der Waals surface area (Å²) in [6.45, 7) is 5.60. The second-order valence-corrected chi connectivity index (χ2v) is 7.88. The smallest absolute Gasteiger partial charge is 0.221 e. The molecule has 1 saturated carbocycles. The lowest BCUT2D eigenvalue weighted by atomic mass is 9.99. The number of aromatic nitrogens is 1. The summed E-state index contributed by atoms with van der Waals surface area (Å²) in [6, 6.07) is 5.49. The normalized spacial score (nSPS) is 14.6. The predicted octanol–water partition coefficient (Wildman–Crippen LogP) is 4.22. The van der Waals surface area contributed by atoms with Crippen LogP contribution in [0.25, 0.3) is 11.3 Å². The molecule has 0 unspecified atom stereocenters. The highest BCUT2D eigenvalue weighted by Gasteiger charge is 2.16. The Hall–Kier alpha value is -2.74. The number of nitrogens with zero attached hydrogens (tertiary/aromatic N) is 3. The zero-order valence-electron chi connectivity index (χ0n) is 17.1. The molecule has 1 aromatic heterocycles. The molecule has 0 saturated heterocycles. The molecule has 0 aliphatic heterocycles. The Morgan fingerprint density at radius 3 is 2.48 bits per heavy atom. The van der Waals surface area contributed by atoms with Gasteiger partial charge in [-0.25, -0.2) is 4.68 Å². The summed E-state index contributed by atoms with van der Waals surface area (Å²) < 4.78 is 1.90. The first-order valence-corrected chi connectivity index (χ1v) is 10.8. The lowest BCUT2D eigenvalue weighted by Gasteiger charge is -2.15. The minimum absolute atomic E-state index is 0.162. The van der Waals surface area contributed by atoms with E-state index in [1.165, 1.54) is 50.2 Å². The monoisotopic (exact) mass is 413 g/mol. The summed E-state index contributed by atoms with van der Waals surface area (Å²) >= 11 is 1.53. The van der Waals surface area contributed by atoms with Gasteiger partial charge in [0.15, 0.2) is 0 Å². The summed E-state index contributed by atoms with van der Waals surface area (Å²) in [5.74, 6) is -0.338. The van der Waals surface area contributed by atoms with Crippen molar-refractivity contribution in [1.29, 1.82) is 0 Å². The van der Waals surface area contributed by atoms with Crippen molar-refractivity contribution in [2.24, 2.45) is 10.1 Å². The molecule has 7 nitrogen and oxygen atoms in total. The molecular formula is C21H27N5O2S. The molecule has 0 atom stereocenters. The van der Waals surface area contributed by atoms with E-state index >= 15 is 0 Å². The first kappa shape index (κ1) is 21.0. The molecule has 2 aromatic rings. The number of hydrogen-bond donors (Lipinski definition) is 2. The summed E-state index contributed by atoms with van der Waals surface area (Å²) in [6.07, 6.45) is 5.61. The van der Waals surface area contributed by atoms with Gasteiger partial charge in [0.05, 0.1) is 11.4 Å². The molecule has 0 bridgehead atoms. The van der Waals surface area contributed by atoms with Crippen molar-refractivity contribution in [2.75, 3.05) is 17.2 Å². The van der Waals surface area contributed by atoms with Crippen molar-refractivity contribution in [1.82, 2.24) is 4.68 Å². The van der Waals surface area contributed by atoms with Crippen molar-refractivity contribution >= 4 is 40.2 Å². The van der Waals surface area contributed by atoms with Gasteiger partial charge in [0.25, 0.3) is 0 Å². The fraction of sp³-hybridized carbons (Fsp3) is 0.429. The number of amides is 2. The van der Waals surface area contributed by atoms with Crippen LogP contribution in [0.15, 0.2) is 33.7 Å². The van der Waals surface area contributed by atoms with Crippen molar-refractivity contribution in [3.8, 4) is 11.3 Å². The lowest BCUT2D eigenvalue weighted by molar-refractivity contribution is -0.115. The van der Waals surface area contributed by atoms with Gasteiger partial charge in [-0.2, -0.15) is 5.10 Å². The second kappa shape index (κ2) is 9.65. The van der Waals surface area contributed by atoms with E-state index in [9.17, 15) is 9.59 Å². The van der Waals surface area contributed by atoms with Gasteiger partial charge >= 0.3 is 0 Å². The number of carbonyl (C=O) groups excluding carboxylic acids is 2. The lowest BCUT2D eigenvalue weighted by Crippen LogP contribution is -2.17. The van der Waals surface area contributed by atoms with E-state index in [-0.39, 0.29) is 11.8 Å². The van der Waals surface area contributed by atoms with Crippen molar-refractivity contribution in [3.05, 3.63) is 28.4 Å². The molecule has 2 N–H and O–H groups in total. The van der Waals surface area contributed by atoms with Crippen LogP contribution < -0.4 is 15.4 Å². The molecule has 2 amide bonds. The van der Waals surface area contributed by atoms with Crippen LogP contribution in [-0.2, 0) is 9.59 Å². The number of hydrogen-bond acceptors (Lipinski definition) is 5. The van der Waals surface area contributed by atoms with Gasteiger partial charge in [-0.3, -0.25) is 14.6 Å². The molecule has 1 heterocycles. The quantitative estimate of drug-likeness (QED) is 0.769. The molecule has 1 aliphatic rings. The molecule has 0 spiro atoms. The predicted molar refractivity (Wildman–Crippen MR) is 118 cm³/mol. The average Bonchev–Trinajstić information content (AvgIpc) is 3.04. The highest BCUT2D eigenvalue weighted by molar-refractivity contribution is 7.07. The maximum Gasteiger partial charge on any atom is 0.221 e. The van der Waals surface area contributed by atoms with Crippen LogP contribution in [0.3, 0.4) is 0 Å². The zero-order valence-corrected chi connectivity index (χ0v) is 17.9. The van der Waals surface area contributed by atoms with E-state index < -0.39 is 0 Å². The molecule has 8 heteroatoms. The van der Waals surface area contributed by atoms with Gasteiger partial charge in [-0.15, -0.1) is 11.3 Å². The average molecular weight is 414 g/mol. The van der Waals surface area contributed by atoms with Crippen molar-refractivity contribution in [3.63, 3.8) is 0 Å². The molecule has 1 aliphatic carbocycles. The molecule has 3 rings (SSSR count). The van der Waals surface area contributed by atoms with Crippen LogP contribution in [0.5, 0.6) is 0 Å². The summed E-state index contributed by atoms with van der Waals surface area (Å²) in [7, 11) is 0. The van der Waals surface area contributed by atoms with Crippen LogP contribution in [0.1, 0.15) is 52.9 Å². The topological polar surface area (TPSA) is 87.9 Å². The largest absolute Gasteiger partial charge is 0.326 e. The highest BCUT2D eigenvalue weighted by atomic mass is 32.1. The standard InChI is InChI=1S/C21H27N5O2S/c1-4-22-21-26(25-16-8-6-5-7-9-16)20(13-29-21)18-11-10-17(23-14(2)27)12-19(18)24-15(3)28/h10-13H,4-9H2,1-3H3,(H,23,27)(H,24,28). The minimum atomic E-state index is -0.176. The number of anilines is 2. The highest BCUT2D eigenvalue weighted by Crippen LogP contribution is 2.31. The van der Waals surface area contributed by atoms with Crippen LogP contribution in [0, 0.1) is 0 Å². The number of benzene rings is 1. The third-order valence-corrected chi connectivity index (χ3v) is 5.43. The molecule has 1 aromatic carbocycles. The Balaban J connectivity index is 2.13. The number of rotatable bonds is 5. The van der Waals surface area contributed by atoms with Crippen LogP contribution in [0.4, 0.5) is 11.4 Å². The van der Waals surface area contributed by atoms with Gasteiger partial charge in [0, 0.05) is 42.7 Å². The summed E-state index contributed by atoms with van der Waals surface area (Å²) in [5, 5.41) is 12.6. The Morgan fingerprint density at radius 2 is 1.83 bits per heavy atom. The van der Waals surface area contributed by atoms with Gasteiger partial charge < -0.3 is 10.6 Å².